The van der Waals surface area contributed by atoms with Gasteiger partial charge in [0.05, 0.1) is 12.9 Å². The van der Waals surface area contributed by atoms with Crippen LogP contribution < -0.4 is 0 Å². The number of ether oxygens (including phenoxy) is 1. The molecule has 3 heterocycles. The molecule has 2 unspecified atom stereocenters. The molecule has 0 bridgehead atoms. The zero-order chi connectivity index (χ0) is 14.3. The molecule has 1 fully saturated rings. The number of rotatable bonds is 3. The Morgan fingerprint density at radius 1 is 1.30 bits per heavy atom. The molecule has 20 heavy (non-hydrogen) atoms. The summed E-state index contributed by atoms with van der Waals surface area (Å²) in [4.78, 5) is 22.2. The number of fused-ring (bicyclic) bond motifs is 1. The van der Waals surface area contributed by atoms with Crippen molar-refractivity contribution in [3.05, 3.63) is 17.6 Å². The predicted molar refractivity (Wildman–Crippen MR) is 63.8 cm³/mol. The molecule has 4 atom stereocenters. The number of aliphatic hydroxyl groups is 3. The number of hydrogen-bond acceptors (Lipinski definition) is 9. The van der Waals surface area contributed by atoms with Crippen molar-refractivity contribution in [3.8, 4) is 0 Å². The molecule has 0 saturated carbocycles. The highest BCUT2D eigenvalue weighted by atomic mass is 16.6. The first-order chi connectivity index (χ1) is 9.67. The Hall–Kier alpha value is -2.01. The SMILES string of the molecule is O=Nc1ncnc2c1ncn2[C@@H]1O[C@H](CO)C(O)C1O. The highest BCUT2D eigenvalue weighted by Gasteiger charge is 2.44. The first-order valence-electron chi connectivity index (χ1n) is 5.80. The number of aliphatic hydroxyl groups excluding tert-OH is 3. The largest absolute Gasteiger partial charge is 0.394 e. The van der Waals surface area contributed by atoms with Gasteiger partial charge in [0, 0.05) is 0 Å². The van der Waals surface area contributed by atoms with E-state index in [0.29, 0.717) is 0 Å². The fraction of sp³-hybridized carbons (Fsp3) is 0.500. The number of nitrogens with zero attached hydrogens (tertiary/aromatic N) is 5. The highest BCUT2D eigenvalue weighted by Crippen LogP contribution is 2.32. The molecule has 1 saturated heterocycles. The Morgan fingerprint density at radius 2 is 2.10 bits per heavy atom. The Bertz CT molecular complexity index is 646. The third-order valence-corrected chi connectivity index (χ3v) is 3.22. The van der Waals surface area contributed by atoms with Crippen molar-refractivity contribution in [1.82, 2.24) is 19.5 Å². The van der Waals surface area contributed by atoms with Crippen molar-refractivity contribution in [1.29, 1.82) is 0 Å². The molecular weight excluding hydrogens is 270 g/mol. The third kappa shape index (κ3) is 1.78. The van der Waals surface area contributed by atoms with Crippen LogP contribution in [0.15, 0.2) is 17.8 Å². The van der Waals surface area contributed by atoms with Gasteiger partial charge in [0.15, 0.2) is 17.4 Å². The zero-order valence-electron chi connectivity index (χ0n) is 10.1. The first kappa shape index (κ1) is 13.0. The van der Waals surface area contributed by atoms with Gasteiger partial charge in [0.1, 0.15) is 24.6 Å². The Balaban J connectivity index is 2.05. The minimum Gasteiger partial charge on any atom is -0.394 e. The maximum absolute atomic E-state index is 10.6. The van der Waals surface area contributed by atoms with E-state index in [0.717, 1.165) is 6.33 Å². The monoisotopic (exact) mass is 281 g/mol. The van der Waals surface area contributed by atoms with E-state index >= 15 is 0 Å². The minimum absolute atomic E-state index is 0.125. The topological polar surface area (TPSA) is 143 Å². The van der Waals surface area contributed by atoms with E-state index in [1.165, 1.54) is 10.9 Å². The van der Waals surface area contributed by atoms with Gasteiger partial charge < -0.3 is 20.1 Å². The van der Waals surface area contributed by atoms with Crippen LogP contribution in [0.1, 0.15) is 6.23 Å². The van der Waals surface area contributed by atoms with Crippen LogP contribution in [0.3, 0.4) is 0 Å². The van der Waals surface area contributed by atoms with Crippen LogP contribution >= 0.6 is 0 Å². The van der Waals surface area contributed by atoms with E-state index in [9.17, 15) is 15.1 Å². The Labute approximate surface area is 111 Å². The van der Waals surface area contributed by atoms with Gasteiger partial charge in [-0.25, -0.2) is 15.0 Å². The summed E-state index contributed by atoms with van der Waals surface area (Å²) in [7, 11) is 0. The fourth-order valence-electron chi connectivity index (χ4n) is 2.20. The van der Waals surface area contributed by atoms with Crippen molar-refractivity contribution in [2.24, 2.45) is 5.18 Å². The Kier molecular flexibility index (Phi) is 3.14. The van der Waals surface area contributed by atoms with Crippen molar-refractivity contribution >= 4 is 17.0 Å². The average Bonchev–Trinajstić information content (AvgIpc) is 3.01. The smallest absolute Gasteiger partial charge is 0.227 e. The quantitative estimate of drug-likeness (QED) is 0.597. The van der Waals surface area contributed by atoms with Crippen LogP contribution in [0.5, 0.6) is 0 Å². The zero-order valence-corrected chi connectivity index (χ0v) is 10.1. The first-order valence-corrected chi connectivity index (χ1v) is 5.80. The van der Waals surface area contributed by atoms with Gasteiger partial charge in [-0.1, -0.05) is 0 Å². The highest BCUT2D eigenvalue weighted by molar-refractivity contribution is 5.80. The summed E-state index contributed by atoms with van der Waals surface area (Å²) in [6.07, 6.45) is -1.92. The molecule has 3 rings (SSSR count). The summed E-state index contributed by atoms with van der Waals surface area (Å²) in [5.41, 5.74) is 0.407. The molecule has 0 aromatic carbocycles. The van der Waals surface area contributed by atoms with Gasteiger partial charge in [-0.2, -0.15) is 0 Å². The molecule has 0 spiro atoms. The normalized spacial score (nSPS) is 29.9. The Morgan fingerprint density at radius 3 is 2.75 bits per heavy atom. The molecule has 10 nitrogen and oxygen atoms in total. The number of aromatic nitrogens is 4. The van der Waals surface area contributed by atoms with Crippen LogP contribution in [0, 0.1) is 4.91 Å². The summed E-state index contributed by atoms with van der Waals surface area (Å²) >= 11 is 0. The lowest BCUT2D eigenvalue weighted by atomic mass is 10.1. The molecule has 0 amide bonds. The lowest BCUT2D eigenvalue weighted by Gasteiger charge is -2.16. The standard InChI is InChI=1S/C10H11N5O5/c16-1-4-6(17)7(18)10(20-4)15-3-13-5-8(14-19)11-2-12-9(5)15/h2-4,6-7,10,16-18H,1H2/t4-,6?,7?,10-/m1/s1. The van der Waals surface area contributed by atoms with Crippen molar-refractivity contribution in [2.45, 2.75) is 24.5 Å². The minimum atomic E-state index is -1.26. The van der Waals surface area contributed by atoms with E-state index < -0.39 is 31.1 Å². The summed E-state index contributed by atoms with van der Waals surface area (Å²) in [6, 6.07) is 0. The molecule has 2 aromatic rings. The van der Waals surface area contributed by atoms with Gasteiger partial charge in [0.2, 0.25) is 5.82 Å². The van der Waals surface area contributed by atoms with E-state index in [-0.39, 0.29) is 17.0 Å². The van der Waals surface area contributed by atoms with Crippen molar-refractivity contribution in [2.75, 3.05) is 6.61 Å². The molecule has 1 aliphatic rings. The maximum atomic E-state index is 10.6. The van der Waals surface area contributed by atoms with Gasteiger partial charge in [-0.15, -0.1) is 4.91 Å². The average molecular weight is 281 g/mol. The third-order valence-electron chi connectivity index (χ3n) is 3.22. The molecule has 10 heteroatoms. The van der Waals surface area contributed by atoms with E-state index in [1.807, 2.05) is 0 Å². The second-order valence-electron chi connectivity index (χ2n) is 4.34. The molecule has 2 aromatic heterocycles. The molecule has 0 aliphatic carbocycles. The molecule has 106 valence electrons. The summed E-state index contributed by atoms with van der Waals surface area (Å²) in [5, 5.41) is 31.5. The van der Waals surface area contributed by atoms with Crippen LogP contribution in [-0.4, -0.2) is 59.8 Å². The molecule has 3 N–H and O–H groups in total. The van der Waals surface area contributed by atoms with Crippen molar-refractivity contribution in [3.63, 3.8) is 0 Å². The van der Waals surface area contributed by atoms with Crippen LogP contribution in [-0.2, 0) is 4.74 Å². The maximum Gasteiger partial charge on any atom is 0.227 e. The molecular formula is C10H11N5O5. The molecule has 1 aliphatic heterocycles. The number of nitroso groups, excluding NO2 is 1. The lowest BCUT2D eigenvalue weighted by molar-refractivity contribution is -0.0511. The van der Waals surface area contributed by atoms with Crippen LogP contribution in [0.4, 0.5) is 5.82 Å². The summed E-state index contributed by atoms with van der Waals surface area (Å²) in [5.74, 6) is -0.125. The second-order valence-corrected chi connectivity index (χ2v) is 4.34. The van der Waals surface area contributed by atoms with Crippen molar-refractivity contribution < 1.29 is 20.1 Å². The van der Waals surface area contributed by atoms with Crippen LogP contribution in [0.25, 0.3) is 11.2 Å². The lowest BCUT2D eigenvalue weighted by Crippen LogP contribution is -2.33. The van der Waals surface area contributed by atoms with Gasteiger partial charge in [0.25, 0.3) is 0 Å². The van der Waals surface area contributed by atoms with E-state index in [2.05, 4.69) is 20.1 Å². The van der Waals surface area contributed by atoms with Gasteiger partial charge >= 0.3 is 0 Å². The van der Waals surface area contributed by atoms with E-state index in [1.54, 1.807) is 0 Å². The molecule has 0 radical (unpaired) electrons. The van der Waals surface area contributed by atoms with Gasteiger partial charge in [-0.05, 0) is 5.18 Å². The number of imidazole rings is 1. The summed E-state index contributed by atoms with van der Waals surface area (Å²) < 4.78 is 6.72. The van der Waals surface area contributed by atoms with Crippen LogP contribution in [0.2, 0.25) is 0 Å². The predicted octanol–water partition coefficient (Wildman–Crippen LogP) is -1.16. The van der Waals surface area contributed by atoms with Gasteiger partial charge in [-0.3, -0.25) is 4.57 Å². The van der Waals surface area contributed by atoms with E-state index in [4.69, 9.17) is 9.84 Å². The number of hydrogen-bond donors (Lipinski definition) is 3. The summed E-state index contributed by atoms with van der Waals surface area (Å²) in [6.45, 7) is -0.433. The fourth-order valence-corrected chi connectivity index (χ4v) is 2.20. The second kappa shape index (κ2) is 4.83.